The Labute approximate surface area is 208 Å². The lowest BCUT2D eigenvalue weighted by Gasteiger charge is -2.12. The van der Waals surface area contributed by atoms with Gasteiger partial charge in [-0.15, -0.1) is 11.3 Å². The Hall–Kier alpha value is -3.77. The molecule has 4 aromatic rings. The lowest BCUT2D eigenvalue weighted by molar-refractivity contribution is 0.102. The molecule has 3 aromatic carbocycles. The number of carbonyl (C=O) groups excluding carboxylic acids is 1. The first-order valence-corrected chi connectivity index (χ1v) is 12.5. The van der Waals surface area contributed by atoms with E-state index in [4.69, 9.17) is 9.73 Å². The number of nitrogens with one attached hydrogen (secondary N) is 1. The van der Waals surface area contributed by atoms with Crippen molar-refractivity contribution in [1.82, 2.24) is 0 Å². The van der Waals surface area contributed by atoms with Crippen molar-refractivity contribution in [2.75, 3.05) is 5.32 Å². The molecule has 0 aliphatic heterocycles. The minimum Gasteiger partial charge on any atom is -0.489 e. The average molecular weight is 485 g/mol. The lowest BCUT2D eigenvalue weighted by atomic mass is 9.95. The molecule has 6 heteroatoms. The summed E-state index contributed by atoms with van der Waals surface area (Å²) in [5.41, 5.74) is 4.37. The van der Waals surface area contributed by atoms with Gasteiger partial charge in [-0.2, -0.15) is 0 Å². The number of rotatable bonds is 7. The number of thiophene rings is 1. The van der Waals surface area contributed by atoms with Gasteiger partial charge in [0.1, 0.15) is 23.2 Å². The van der Waals surface area contributed by atoms with Gasteiger partial charge in [-0.25, -0.2) is 9.38 Å². The second-order valence-corrected chi connectivity index (χ2v) is 9.54. The van der Waals surface area contributed by atoms with Gasteiger partial charge < -0.3 is 10.1 Å². The molecule has 1 heterocycles. The number of benzene rings is 3. The summed E-state index contributed by atoms with van der Waals surface area (Å²) in [5, 5.41) is 3.77. The van der Waals surface area contributed by atoms with Crippen molar-refractivity contribution in [3.63, 3.8) is 0 Å². The van der Waals surface area contributed by atoms with Gasteiger partial charge in [0.15, 0.2) is 0 Å². The average Bonchev–Trinajstić information content (AvgIpc) is 3.27. The zero-order valence-corrected chi connectivity index (χ0v) is 20.0. The van der Waals surface area contributed by atoms with E-state index < -0.39 is 0 Å². The van der Waals surface area contributed by atoms with Crippen molar-refractivity contribution in [2.45, 2.75) is 32.3 Å². The van der Waals surface area contributed by atoms with Crippen molar-refractivity contribution in [1.29, 1.82) is 0 Å². The van der Waals surface area contributed by atoms with E-state index in [0.717, 1.165) is 53.1 Å². The SMILES string of the molecule is O=C(Nc1ccccc1)c1c(N=Cc2cccc(OCc3ccc(F)cc3)c2)sc2c1CCCC2. The van der Waals surface area contributed by atoms with E-state index in [0.29, 0.717) is 17.9 Å². The van der Waals surface area contributed by atoms with Crippen LogP contribution < -0.4 is 10.1 Å². The molecule has 0 saturated heterocycles. The van der Waals surface area contributed by atoms with Gasteiger partial charge in [0.05, 0.1) is 5.56 Å². The van der Waals surface area contributed by atoms with Crippen molar-refractivity contribution in [3.8, 4) is 5.75 Å². The van der Waals surface area contributed by atoms with E-state index in [-0.39, 0.29) is 11.7 Å². The molecule has 0 spiro atoms. The summed E-state index contributed by atoms with van der Waals surface area (Å²) >= 11 is 1.61. The fourth-order valence-electron chi connectivity index (χ4n) is 4.16. The van der Waals surface area contributed by atoms with E-state index in [9.17, 15) is 9.18 Å². The van der Waals surface area contributed by atoms with Crippen molar-refractivity contribution in [3.05, 3.63) is 112 Å². The summed E-state index contributed by atoms with van der Waals surface area (Å²) in [6.45, 7) is 0.350. The monoisotopic (exact) mass is 484 g/mol. The molecule has 1 amide bonds. The fourth-order valence-corrected chi connectivity index (χ4v) is 5.39. The Morgan fingerprint density at radius 2 is 1.80 bits per heavy atom. The molecule has 0 bridgehead atoms. The normalized spacial score (nSPS) is 12.9. The molecule has 1 aliphatic rings. The Kier molecular flexibility index (Phi) is 7.00. The molecule has 1 aliphatic carbocycles. The van der Waals surface area contributed by atoms with Crippen LogP contribution in [0, 0.1) is 5.82 Å². The topological polar surface area (TPSA) is 50.7 Å². The number of fused-ring (bicyclic) bond motifs is 1. The number of carbonyl (C=O) groups is 1. The summed E-state index contributed by atoms with van der Waals surface area (Å²) in [6, 6.07) is 23.4. The van der Waals surface area contributed by atoms with Crippen molar-refractivity contribution < 1.29 is 13.9 Å². The maximum Gasteiger partial charge on any atom is 0.259 e. The first kappa shape index (κ1) is 23.0. The summed E-state index contributed by atoms with van der Waals surface area (Å²) in [6.07, 6.45) is 5.91. The molecule has 0 atom stereocenters. The van der Waals surface area contributed by atoms with E-state index >= 15 is 0 Å². The third kappa shape index (κ3) is 5.66. The minimum absolute atomic E-state index is 0.112. The van der Waals surface area contributed by atoms with Crippen LogP contribution in [0.4, 0.5) is 15.1 Å². The predicted molar refractivity (Wildman–Crippen MR) is 140 cm³/mol. The first-order chi connectivity index (χ1) is 17.2. The quantitative estimate of drug-likeness (QED) is 0.279. The smallest absolute Gasteiger partial charge is 0.259 e. The molecular formula is C29H25FN2O2S. The third-order valence-electron chi connectivity index (χ3n) is 5.92. The molecule has 1 N–H and O–H groups in total. The molecular weight excluding hydrogens is 459 g/mol. The van der Waals surface area contributed by atoms with E-state index in [1.165, 1.54) is 17.0 Å². The van der Waals surface area contributed by atoms with E-state index in [1.54, 1.807) is 29.7 Å². The zero-order valence-electron chi connectivity index (χ0n) is 19.2. The highest BCUT2D eigenvalue weighted by atomic mass is 32.1. The largest absolute Gasteiger partial charge is 0.489 e. The highest BCUT2D eigenvalue weighted by Crippen LogP contribution is 2.40. The van der Waals surface area contributed by atoms with Crippen LogP contribution in [0.15, 0.2) is 83.9 Å². The van der Waals surface area contributed by atoms with Crippen LogP contribution in [0.2, 0.25) is 0 Å². The van der Waals surface area contributed by atoms with Crippen molar-refractivity contribution >= 4 is 34.1 Å². The number of ether oxygens (including phenoxy) is 1. The number of hydrogen-bond donors (Lipinski definition) is 1. The molecule has 176 valence electrons. The predicted octanol–water partition coefficient (Wildman–Crippen LogP) is 7.35. The number of anilines is 1. The highest BCUT2D eigenvalue weighted by Gasteiger charge is 2.25. The standard InChI is InChI=1S/C29H25FN2O2S/c30-22-15-13-20(14-16-22)19-34-24-10-6-7-21(17-24)18-31-29-27(25-11-4-5-12-26(25)35-29)28(33)32-23-8-2-1-3-9-23/h1-3,6-10,13-18H,4-5,11-12,19H2,(H,32,33). The van der Waals surface area contributed by atoms with Gasteiger partial charge in [-0.3, -0.25) is 4.79 Å². The molecule has 0 fully saturated rings. The Bertz CT molecular complexity index is 1350. The van der Waals surface area contributed by atoms with Gasteiger partial charge in [0, 0.05) is 16.8 Å². The van der Waals surface area contributed by atoms with Crippen LogP contribution in [0.1, 0.15) is 44.8 Å². The van der Waals surface area contributed by atoms with Crippen LogP contribution in [0.3, 0.4) is 0 Å². The maximum atomic E-state index is 13.3. The summed E-state index contributed by atoms with van der Waals surface area (Å²) in [4.78, 5) is 19.3. The zero-order chi connectivity index (χ0) is 24.0. The van der Waals surface area contributed by atoms with E-state index in [1.807, 2.05) is 54.6 Å². The number of para-hydroxylation sites is 1. The number of amides is 1. The second kappa shape index (κ2) is 10.7. The molecule has 5 rings (SSSR count). The second-order valence-electron chi connectivity index (χ2n) is 8.46. The Morgan fingerprint density at radius 3 is 2.63 bits per heavy atom. The summed E-state index contributed by atoms with van der Waals surface area (Å²) < 4.78 is 19.0. The number of nitrogens with zero attached hydrogens (tertiary/aromatic N) is 1. The number of halogens is 1. The Balaban J connectivity index is 1.35. The third-order valence-corrected chi connectivity index (χ3v) is 7.12. The highest BCUT2D eigenvalue weighted by molar-refractivity contribution is 7.16. The molecule has 35 heavy (non-hydrogen) atoms. The van der Waals surface area contributed by atoms with Gasteiger partial charge >= 0.3 is 0 Å². The number of aliphatic imine (C=N–C) groups is 1. The first-order valence-electron chi connectivity index (χ1n) is 11.7. The van der Waals surface area contributed by atoms with Gasteiger partial charge in [0.2, 0.25) is 0 Å². The van der Waals surface area contributed by atoms with Gasteiger partial charge in [0.25, 0.3) is 5.91 Å². The molecule has 1 aromatic heterocycles. The molecule has 0 radical (unpaired) electrons. The molecule has 4 nitrogen and oxygen atoms in total. The van der Waals surface area contributed by atoms with Crippen LogP contribution in [-0.2, 0) is 19.4 Å². The summed E-state index contributed by atoms with van der Waals surface area (Å²) in [7, 11) is 0. The van der Waals surface area contributed by atoms with Crippen LogP contribution in [-0.4, -0.2) is 12.1 Å². The van der Waals surface area contributed by atoms with Crippen molar-refractivity contribution in [2.24, 2.45) is 4.99 Å². The van der Waals surface area contributed by atoms with E-state index in [2.05, 4.69) is 5.32 Å². The summed E-state index contributed by atoms with van der Waals surface area (Å²) in [5.74, 6) is 0.323. The number of aryl methyl sites for hydroxylation is 1. The molecule has 0 saturated carbocycles. The fraction of sp³-hybridized carbons (Fsp3) is 0.172. The van der Waals surface area contributed by atoms with Gasteiger partial charge in [-0.05, 0) is 78.8 Å². The minimum atomic E-state index is -0.265. The Morgan fingerprint density at radius 1 is 1.00 bits per heavy atom. The number of hydrogen-bond acceptors (Lipinski definition) is 4. The van der Waals surface area contributed by atoms with Gasteiger partial charge in [-0.1, -0.05) is 42.5 Å². The maximum absolute atomic E-state index is 13.3. The van der Waals surface area contributed by atoms with Crippen LogP contribution >= 0.6 is 11.3 Å². The lowest BCUT2D eigenvalue weighted by Crippen LogP contribution is -2.14. The molecule has 0 unspecified atom stereocenters. The van der Waals surface area contributed by atoms with Crippen LogP contribution in [0.5, 0.6) is 5.75 Å². The van der Waals surface area contributed by atoms with Crippen LogP contribution in [0.25, 0.3) is 0 Å².